The molecular weight excluding hydrogens is 445 g/mol. The number of carbonyl (C=O) groups excluding carboxylic acids is 1. The molecule has 11 heteroatoms. The highest BCUT2D eigenvalue weighted by molar-refractivity contribution is 7.15. The molecule has 1 N–H and O–H groups in total. The van der Waals surface area contributed by atoms with Crippen LogP contribution in [0.4, 0.5) is 16.2 Å². The molecule has 0 saturated carbocycles. The van der Waals surface area contributed by atoms with Crippen molar-refractivity contribution in [3.05, 3.63) is 70.7 Å². The van der Waals surface area contributed by atoms with Crippen LogP contribution in [0.2, 0.25) is 0 Å². The van der Waals surface area contributed by atoms with Crippen LogP contribution in [0.5, 0.6) is 0 Å². The standard InChI is InChI=1S/C22H18FN7O2S/c1-29-16(6-8-25-29)27-21-24-7-5-15(26-21)19-28-17-18(33-19)22(11-32-12-22)30(20(17)31)10-13-3-2-4-14(23)9-13/h2-9H,10-12H2,1H3,(H,24,26,27). The Labute approximate surface area is 191 Å². The number of fused-ring (bicyclic) bond motifs is 2. The fourth-order valence-electron chi connectivity index (χ4n) is 4.11. The minimum Gasteiger partial charge on any atom is -0.376 e. The lowest BCUT2D eigenvalue weighted by Crippen LogP contribution is -2.56. The number of amides is 1. The number of aromatic nitrogens is 5. The van der Waals surface area contributed by atoms with Gasteiger partial charge in [0, 0.05) is 25.9 Å². The predicted molar refractivity (Wildman–Crippen MR) is 118 cm³/mol. The molecule has 33 heavy (non-hydrogen) atoms. The first-order valence-corrected chi connectivity index (χ1v) is 11.1. The molecule has 0 aliphatic carbocycles. The van der Waals surface area contributed by atoms with E-state index in [4.69, 9.17) is 4.74 Å². The van der Waals surface area contributed by atoms with E-state index in [2.05, 4.69) is 25.4 Å². The molecule has 1 aromatic carbocycles. The van der Waals surface area contributed by atoms with E-state index in [9.17, 15) is 9.18 Å². The highest BCUT2D eigenvalue weighted by Gasteiger charge is 2.57. The number of aryl methyl sites for hydroxylation is 1. The van der Waals surface area contributed by atoms with E-state index in [1.807, 2.05) is 19.2 Å². The normalized spacial score (nSPS) is 16.2. The van der Waals surface area contributed by atoms with Gasteiger partial charge in [0.2, 0.25) is 5.95 Å². The van der Waals surface area contributed by atoms with Gasteiger partial charge in [-0.05, 0) is 23.8 Å². The highest BCUT2D eigenvalue weighted by Crippen LogP contribution is 2.49. The molecule has 2 aliphatic rings. The Morgan fingerprint density at radius 1 is 1.21 bits per heavy atom. The molecule has 0 radical (unpaired) electrons. The van der Waals surface area contributed by atoms with Crippen LogP contribution in [-0.2, 0) is 23.9 Å². The number of rotatable bonds is 5. The summed E-state index contributed by atoms with van der Waals surface area (Å²) in [6.07, 6.45) is 3.33. The summed E-state index contributed by atoms with van der Waals surface area (Å²) in [4.78, 5) is 29.4. The summed E-state index contributed by atoms with van der Waals surface area (Å²) in [5.74, 6) is 0.657. The van der Waals surface area contributed by atoms with Gasteiger partial charge in [-0.2, -0.15) is 5.10 Å². The lowest BCUT2D eigenvalue weighted by Gasteiger charge is -2.44. The van der Waals surface area contributed by atoms with Gasteiger partial charge in [0.1, 0.15) is 33.6 Å². The van der Waals surface area contributed by atoms with Crippen molar-refractivity contribution in [2.75, 3.05) is 18.5 Å². The molecule has 1 spiro atoms. The van der Waals surface area contributed by atoms with Crippen molar-refractivity contribution in [3.63, 3.8) is 0 Å². The van der Waals surface area contributed by atoms with Crippen LogP contribution < -0.4 is 5.32 Å². The molecule has 6 rings (SSSR count). The van der Waals surface area contributed by atoms with Crippen molar-refractivity contribution in [2.24, 2.45) is 7.05 Å². The number of nitrogens with zero attached hydrogens (tertiary/aromatic N) is 6. The Morgan fingerprint density at radius 2 is 2.09 bits per heavy atom. The van der Waals surface area contributed by atoms with Crippen LogP contribution in [0.15, 0.2) is 48.8 Å². The minimum absolute atomic E-state index is 0.178. The molecule has 4 aromatic rings. The predicted octanol–water partition coefficient (Wildman–Crippen LogP) is 3.10. The number of carbonyl (C=O) groups is 1. The van der Waals surface area contributed by atoms with Gasteiger partial charge in [-0.1, -0.05) is 12.1 Å². The molecule has 166 valence electrons. The summed E-state index contributed by atoms with van der Waals surface area (Å²) >= 11 is 1.44. The number of benzene rings is 1. The van der Waals surface area contributed by atoms with Crippen molar-refractivity contribution in [3.8, 4) is 10.7 Å². The van der Waals surface area contributed by atoms with Gasteiger partial charge in [-0.25, -0.2) is 19.3 Å². The van der Waals surface area contributed by atoms with E-state index in [-0.39, 0.29) is 11.7 Å². The number of thiazole rings is 1. The summed E-state index contributed by atoms with van der Waals surface area (Å²) in [7, 11) is 1.82. The maximum absolute atomic E-state index is 13.7. The van der Waals surface area contributed by atoms with E-state index >= 15 is 0 Å². The third-order valence-corrected chi connectivity index (χ3v) is 7.13. The molecule has 1 fully saturated rings. The summed E-state index contributed by atoms with van der Waals surface area (Å²) < 4.78 is 20.9. The van der Waals surface area contributed by atoms with E-state index in [0.717, 1.165) is 16.3 Å². The maximum atomic E-state index is 13.7. The maximum Gasteiger partial charge on any atom is 0.274 e. The monoisotopic (exact) mass is 463 g/mol. The number of hydrogen-bond acceptors (Lipinski definition) is 8. The van der Waals surface area contributed by atoms with Crippen molar-refractivity contribution < 1.29 is 13.9 Å². The second-order valence-electron chi connectivity index (χ2n) is 7.97. The lowest BCUT2D eigenvalue weighted by atomic mass is 9.95. The Morgan fingerprint density at radius 3 is 2.82 bits per heavy atom. The van der Waals surface area contributed by atoms with E-state index in [1.165, 1.54) is 23.5 Å². The van der Waals surface area contributed by atoms with E-state index in [0.29, 0.717) is 42.1 Å². The van der Waals surface area contributed by atoms with Gasteiger partial charge < -0.3 is 15.0 Å². The molecule has 1 saturated heterocycles. The van der Waals surface area contributed by atoms with Crippen molar-refractivity contribution in [1.82, 2.24) is 29.6 Å². The van der Waals surface area contributed by atoms with Gasteiger partial charge in [0.05, 0.1) is 24.3 Å². The Bertz CT molecular complexity index is 1380. The zero-order valence-corrected chi connectivity index (χ0v) is 18.3. The topological polar surface area (TPSA) is 98.1 Å². The van der Waals surface area contributed by atoms with Crippen LogP contribution >= 0.6 is 11.3 Å². The molecule has 5 heterocycles. The fourth-order valence-corrected chi connectivity index (χ4v) is 5.30. The van der Waals surface area contributed by atoms with Crippen molar-refractivity contribution >= 4 is 29.0 Å². The summed E-state index contributed by atoms with van der Waals surface area (Å²) in [5, 5.41) is 7.89. The zero-order chi connectivity index (χ0) is 22.6. The largest absolute Gasteiger partial charge is 0.376 e. The van der Waals surface area contributed by atoms with Gasteiger partial charge in [0.25, 0.3) is 5.91 Å². The molecule has 0 bridgehead atoms. The summed E-state index contributed by atoms with van der Waals surface area (Å²) in [5.41, 5.74) is 1.19. The molecule has 0 unspecified atom stereocenters. The first kappa shape index (κ1) is 19.9. The third kappa shape index (κ3) is 3.19. The molecule has 9 nitrogen and oxygen atoms in total. The van der Waals surface area contributed by atoms with Gasteiger partial charge in [-0.15, -0.1) is 11.3 Å². The van der Waals surface area contributed by atoms with Crippen LogP contribution in [0.3, 0.4) is 0 Å². The highest BCUT2D eigenvalue weighted by atomic mass is 32.1. The molecular formula is C22H18FN7O2S. The number of hydrogen-bond donors (Lipinski definition) is 1. The number of ether oxygens (including phenoxy) is 1. The van der Waals surface area contributed by atoms with E-state index < -0.39 is 5.54 Å². The minimum atomic E-state index is -0.572. The van der Waals surface area contributed by atoms with Crippen LogP contribution in [-0.4, -0.2) is 48.8 Å². The lowest BCUT2D eigenvalue weighted by molar-refractivity contribution is -0.126. The second-order valence-corrected chi connectivity index (χ2v) is 8.97. The van der Waals surface area contributed by atoms with E-state index in [1.54, 1.807) is 34.1 Å². The molecule has 2 aliphatic heterocycles. The number of anilines is 2. The van der Waals surface area contributed by atoms with Crippen LogP contribution in [0.25, 0.3) is 10.7 Å². The van der Waals surface area contributed by atoms with Crippen LogP contribution in [0.1, 0.15) is 20.9 Å². The average Bonchev–Trinajstić information content (AvgIpc) is 3.44. The van der Waals surface area contributed by atoms with Crippen LogP contribution in [0, 0.1) is 5.82 Å². The Hall–Kier alpha value is -3.70. The molecule has 3 aromatic heterocycles. The average molecular weight is 463 g/mol. The smallest absolute Gasteiger partial charge is 0.274 e. The summed E-state index contributed by atoms with van der Waals surface area (Å²) in [6.45, 7) is 1.07. The van der Waals surface area contributed by atoms with Gasteiger partial charge in [-0.3, -0.25) is 9.48 Å². The fraction of sp³-hybridized carbons (Fsp3) is 0.227. The molecule has 1 amide bonds. The van der Waals surface area contributed by atoms with Gasteiger partial charge in [0.15, 0.2) is 0 Å². The first-order chi connectivity index (χ1) is 16.0. The number of halogens is 1. The second kappa shape index (κ2) is 7.42. The Kier molecular flexibility index (Phi) is 4.49. The van der Waals surface area contributed by atoms with Crippen molar-refractivity contribution in [1.29, 1.82) is 0 Å². The van der Waals surface area contributed by atoms with Gasteiger partial charge >= 0.3 is 0 Å². The first-order valence-electron chi connectivity index (χ1n) is 10.3. The third-order valence-electron chi connectivity index (χ3n) is 5.86. The molecule has 0 atom stereocenters. The zero-order valence-electron chi connectivity index (χ0n) is 17.5. The number of nitrogens with one attached hydrogen (secondary N) is 1. The Balaban J connectivity index is 1.32. The quantitative estimate of drug-likeness (QED) is 0.486. The SMILES string of the molecule is Cn1nccc1Nc1nccc(-c2nc3c(s2)C2(COC2)N(Cc2cccc(F)c2)C3=O)n1. The summed E-state index contributed by atoms with van der Waals surface area (Å²) in [6, 6.07) is 9.88. The van der Waals surface area contributed by atoms with Crippen molar-refractivity contribution in [2.45, 2.75) is 12.1 Å².